The van der Waals surface area contributed by atoms with Gasteiger partial charge in [-0.2, -0.15) is 0 Å². The number of piperazine rings is 1. The van der Waals surface area contributed by atoms with Crippen LogP contribution in [0, 0.1) is 0 Å². The molecule has 1 amide bonds. The molecule has 10 nitrogen and oxygen atoms in total. The fraction of sp³-hybridized carbons (Fsp3) is 0.243. The van der Waals surface area contributed by atoms with Gasteiger partial charge >= 0.3 is 5.97 Å². The second-order valence-electron chi connectivity index (χ2n) is 11.3. The van der Waals surface area contributed by atoms with Crippen LogP contribution in [0.1, 0.15) is 33.4 Å². The minimum Gasteiger partial charge on any atom is -0.496 e. The number of nitrogens with zero attached hydrogens (tertiary/aromatic N) is 3. The molecule has 0 spiro atoms. The molecule has 0 saturated carbocycles. The fourth-order valence-electron chi connectivity index (χ4n) is 5.94. The van der Waals surface area contributed by atoms with Crippen molar-refractivity contribution in [1.82, 2.24) is 4.90 Å². The van der Waals surface area contributed by atoms with Gasteiger partial charge in [-0.15, -0.1) is 0 Å². The number of amides is 1. The minimum absolute atomic E-state index is 0.0102. The molecule has 1 fully saturated rings. The predicted molar refractivity (Wildman–Crippen MR) is 184 cm³/mol. The van der Waals surface area contributed by atoms with Crippen LogP contribution < -0.4 is 13.9 Å². The Morgan fingerprint density at radius 2 is 1.56 bits per heavy atom. The summed E-state index contributed by atoms with van der Waals surface area (Å²) in [5.74, 6) is -0.175. The van der Waals surface area contributed by atoms with E-state index in [0.717, 1.165) is 11.3 Å². The lowest BCUT2D eigenvalue weighted by atomic mass is 10.1. The van der Waals surface area contributed by atoms with Gasteiger partial charge in [-0.05, 0) is 67.4 Å². The third kappa shape index (κ3) is 6.72. The lowest BCUT2D eigenvalue weighted by molar-refractivity contribution is 0.0492. The van der Waals surface area contributed by atoms with Gasteiger partial charge in [-0.1, -0.05) is 54.6 Å². The maximum Gasteiger partial charge on any atom is 0.374 e. The molecule has 48 heavy (non-hydrogen) atoms. The third-order valence-corrected chi connectivity index (χ3v) is 10.2. The summed E-state index contributed by atoms with van der Waals surface area (Å²) in [5.41, 5.74) is 3.19. The van der Waals surface area contributed by atoms with Gasteiger partial charge in [0.2, 0.25) is 5.76 Å². The topological polar surface area (TPSA) is 110 Å². The average molecular weight is 668 g/mol. The van der Waals surface area contributed by atoms with E-state index in [1.807, 2.05) is 66.7 Å². The smallest absolute Gasteiger partial charge is 0.374 e. The number of fused-ring (bicyclic) bond motifs is 1. The summed E-state index contributed by atoms with van der Waals surface area (Å²) in [5, 5.41) is 0.478. The molecule has 1 aliphatic heterocycles. The van der Waals surface area contributed by atoms with Crippen LogP contribution in [0.3, 0.4) is 0 Å². The van der Waals surface area contributed by atoms with Crippen molar-refractivity contribution >= 4 is 44.2 Å². The van der Waals surface area contributed by atoms with Crippen molar-refractivity contribution in [3.63, 3.8) is 0 Å². The molecule has 1 saturated heterocycles. The molecule has 11 heteroatoms. The Kier molecular flexibility index (Phi) is 9.67. The molecular weight excluding hydrogens is 630 g/mol. The number of hydrogen-bond acceptors (Lipinski definition) is 8. The molecule has 0 unspecified atom stereocenters. The number of esters is 1. The van der Waals surface area contributed by atoms with E-state index in [4.69, 9.17) is 13.9 Å². The number of hydrogen-bond donors (Lipinski definition) is 0. The number of carbonyl (C=O) groups is 2. The van der Waals surface area contributed by atoms with Gasteiger partial charge in [-0.25, -0.2) is 13.2 Å². The number of benzene rings is 4. The Labute approximate surface area is 280 Å². The first-order chi connectivity index (χ1) is 23.3. The maximum atomic E-state index is 14.6. The standard InChI is InChI=1S/C37H37N3O7S/c1-3-46-37(42)35-26-28-25-29(17-18-33(28)47-35)48(43,44)40(20-19-27-11-5-4-6-12-27)32-15-9-8-14-31(32)38-21-23-39(24-22-38)36(41)30-13-7-10-16-34(30)45-2/h4-18,25-26H,3,19-24H2,1-2H3. The van der Waals surface area contributed by atoms with E-state index in [1.165, 1.54) is 22.5 Å². The van der Waals surface area contributed by atoms with E-state index in [2.05, 4.69) is 4.90 Å². The number of methoxy groups -OCH3 is 1. The van der Waals surface area contributed by atoms with E-state index < -0.39 is 16.0 Å². The highest BCUT2D eigenvalue weighted by atomic mass is 32.2. The van der Waals surface area contributed by atoms with E-state index in [9.17, 15) is 18.0 Å². The van der Waals surface area contributed by atoms with Crippen molar-refractivity contribution in [1.29, 1.82) is 0 Å². The minimum atomic E-state index is -4.10. The van der Waals surface area contributed by atoms with Gasteiger partial charge < -0.3 is 23.7 Å². The van der Waals surface area contributed by atoms with Crippen molar-refractivity contribution < 1.29 is 31.9 Å². The number of sulfonamides is 1. The summed E-state index contributed by atoms with van der Waals surface area (Å²) in [4.78, 5) is 29.6. The molecular formula is C37H37N3O7S. The zero-order chi connectivity index (χ0) is 33.7. The number of carbonyl (C=O) groups excluding carboxylic acids is 2. The van der Waals surface area contributed by atoms with Gasteiger partial charge in [0.1, 0.15) is 11.3 Å². The average Bonchev–Trinajstić information content (AvgIpc) is 3.56. The van der Waals surface area contributed by atoms with Crippen LogP contribution in [0.4, 0.5) is 11.4 Å². The second kappa shape index (κ2) is 14.2. The molecule has 4 aromatic carbocycles. The highest BCUT2D eigenvalue weighted by Gasteiger charge is 2.31. The Bertz CT molecular complexity index is 2020. The zero-order valence-corrected chi connectivity index (χ0v) is 27.7. The molecule has 248 valence electrons. The van der Waals surface area contributed by atoms with Crippen LogP contribution in [0.25, 0.3) is 11.0 Å². The number of furan rings is 1. The van der Waals surface area contributed by atoms with Crippen molar-refractivity contribution in [3.05, 3.63) is 120 Å². The number of rotatable bonds is 11. The molecule has 0 radical (unpaired) electrons. The van der Waals surface area contributed by atoms with Crippen LogP contribution in [0.15, 0.2) is 112 Å². The summed E-state index contributed by atoms with van der Waals surface area (Å²) in [6, 6.07) is 30.5. The number of ether oxygens (including phenoxy) is 2. The van der Waals surface area contributed by atoms with Crippen LogP contribution in [-0.4, -0.2) is 71.6 Å². The Morgan fingerprint density at radius 3 is 2.31 bits per heavy atom. The normalized spacial score (nSPS) is 13.4. The molecule has 2 heterocycles. The lowest BCUT2D eigenvalue weighted by Gasteiger charge is -2.38. The van der Waals surface area contributed by atoms with Gasteiger partial charge in [0, 0.05) is 38.1 Å². The monoisotopic (exact) mass is 667 g/mol. The van der Waals surface area contributed by atoms with E-state index in [-0.39, 0.29) is 29.7 Å². The van der Waals surface area contributed by atoms with Crippen LogP contribution in [0.2, 0.25) is 0 Å². The third-order valence-electron chi connectivity index (χ3n) is 8.39. The first kappa shape index (κ1) is 32.6. The van der Waals surface area contributed by atoms with Crippen molar-refractivity contribution in [2.24, 2.45) is 0 Å². The van der Waals surface area contributed by atoms with E-state index in [0.29, 0.717) is 60.6 Å². The highest BCUT2D eigenvalue weighted by Crippen LogP contribution is 2.35. The largest absolute Gasteiger partial charge is 0.496 e. The number of anilines is 2. The Hall–Kier alpha value is -5.29. The molecule has 0 bridgehead atoms. The maximum absolute atomic E-state index is 14.6. The fourth-order valence-corrected chi connectivity index (χ4v) is 7.46. The highest BCUT2D eigenvalue weighted by molar-refractivity contribution is 7.92. The summed E-state index contributed by atoms with van der Waals surface area (Å²) >= 11 is 0. The molecule has 5 aromatic rings. The van der Waals surface area contributed by atoms with E-state index >= 15 is 0 Å². The van der Waals surface area contributed by atoms with Gasteiger partial charge in [-0.3, -0.25) is 9.10 Å². The van der Waals surface area contributed by atoms with Crippen molar-refractivity contribution in [3.8, 4) is 5.75 Å². The van der Waals surface area contributed by atoms with Crippen LogP contribution in [0.5, 0.6) is 5.75 Å². The molecule has 0 N–H and O–H groups in total. The second-order valence-corrected chi connectivity index (χ2v) is 13.2. The summed E-state index contributed by atoms with van der Waals surface area (Å²) < 4.78 is 46.7. The zero-order valence-electron chi connectivity index (χ0n) is 26.9. The van der Waals surface area contributed by atoms with Gasteiger partial charge in [0.05, 0.1) is 35.6 Å². The molecule has 6 rings (SSSR count). The SMILES string of the molecule is CCOC(=O)c1cc2cc(S(=O)(=O)N(CCc3ccccc3)c3ccccc3N3CCN(C(=O)c4ccccc4OC)CC3)ccc2o1. The number of para-hydroxylation sites is 3. The van der Waals surface area contributed by atoms with Gasteiger partial charge in [0.25, 0.3) is 15.9 Å². The molecule has 1 aliphatic rings. The first-order valence-electron chi connectivity index (χ1n) is 15.8. The molecule has 0 aliphatic carbocycles. The summed E-state index contributed by atoms with van der Waals surface area (Å²) in [7, 11) is -2.55. The Morgan fingerprint density at radius 1 is 0.854 bits per heavy atom. The summed E-state index contributed by atoms with van der Waals surface area (Å²) in [6.45, 7) is 4.04. The van der Waals surface area contributed by atoms with Gasteiger partial charge in [0.15, 0.2) is 0 Å². The summed E-state index contributed by atoms with van der Waals surface area (Å²) in [6.07, 6.45) is 0.483. The van der Waals surface area contributed by atoms with Crippen LogP contribution in [-0.2, 0) is 21.2 Å². The lowest BCUT2D eigenvalue weighted by Crippen LogP contribution is -2.49. The van der Waals surface area contributed by atoms with E-state index in [1.54, 1.807) is 37.1 Å². The Balaban J connectivity index is 1.31. The first-order valence-corrected chi connectivity index (χ1v) is 17.3. The molecule has 0 atom stereocenters. The molecule has 1 aromatic heterocycles. The predicted octanol–water partition coefficient (Wildman–Crippen LogP) is 6.02. The quantitative estimate of drug-likeness (QED) is 0.158. The van der Waals surface area contributed by atoms with Crippen molar-refractivity contribution in [2.75, 3.05) is 55.6 Å². The van der Waals surface area contributed by atoms with Crippen LogP contribution >= 0.6 is 0 Å². The van der Waals surface area contributed by atoms with Crippen molar-refractivity contribution in [2.45, 2.75) is 18.2 Å².